The summed E-state index contributed by atoms with van der Waals surface area (Å²) in [4.78, 5) is 21.4. The molecule has 0 spiro atoms. The van der Waals surface area contributed by atoms with Crippen molar-refractivity contribution in [2.24, 2.45) is 0 Å². The lowest BCUT2D eigenvalue weighted by Crippen LogP contribution is -2.08. The lowest BCUT2D eigenvalue weighted by atomic mass is 10.1. The number of ether oxygens (including phenoxy) is 2. The van der Waals surface area contributed by atoms with Gasteiger partial charge in [-0.1, -0.05) is 6.58 Å². The summed E-state index contributed by atoms with van der Waals surface area (Å²) in [6.07, 6.45) is 1.03. The number of benzene rings is 1. The second-order valence-electron chi connectivity index (χ2n) is 3.22. The highest BCUT2D eigenvalue weighted by atomic mass is 16.7. The summed E-state index contributed by atoms with van der Waals surface area (Å²) in [6.45, 7) is 4.71. The topological polar surface area (TPSA) is 72.8 Å². The van der Waals surface area contributed by atoms with Gasteiger partial charge in [-0.05, 0) is 30.7 Å². The summed E-state index contributed by atoms with van der Waals surface area (Å²) < 4.78 is 9.79. The van der Waals surface area contributed by atoms with E-state index in [1.165, 1.54) is 18.2 Å². The van der Waals surface area contributed by atoms with Crippen LogP contribution in [0.2, 0.25) is 0 Å². The van der Waals surface area contributed by atoms with Gasteiger partial charge in [0.15, 0.2) is 0 Å². The molecule has 17 heavy (non-hydrogen) atoms. The zero-order valence-corrected chi connectivity index (χ0v) is 9.30. The van der Waals surface area contributed by atoms with Gasteiger partial charge in [-0.2, -0.15) is 0 Å². The Hall–Kier alpha value is -2.30. The van der Waals surface area contributed by atoms with Gasteiger partial charge in [0.25, 0.3) is 0 Å². The normalized spacial score (nSPS) is 9.47. The van der Waals surface area contributed by atoms with Crippen LogP contribution in [0.15, 0.2) is 30.9 Å². The van der Waals surface area contributed by atoms with Gasteiger partial charge in [0.05, 0.1) is 5.56 Å². The predicted molar refractivity (Wildman–Crippen MR) is 59.9 cm³/mol. The fourth-order valence-electron chi connectivity index (χ4n) is 1.15. The Balaban J connectivity index is 2.63. The first-order chi connectivity index (χ1) is 8.04. The van der Waals surface area contributed by atoms with Gasteiger partial charge < -0.3 is 14.6 Å². The van der Waals surface area contributed by atoms with Crippen LogP contribution in [0, 0.1) is 6.92 Å². The van der Waals surface area contributed by atoms with Gasteiger partial charge >= 0.3 is 11.9 Å². The number of carbonyl (C=O) groups excluding carboxylic acids is 1. The first-order valence-corrected chi connectivity index (χ1v) is 4.80. The quantitative estimate of drug-likeness (QED) is 0.479. The second-order valence-corrected chi connectivity index (χ2v) is 3.22. The molecule has 0 atom stereocenters. The van der Waals surface area contributed by atoms with Crippen molar-refractivity contribution >= 4 is 11.9 Å². The monoisotopic (exact) mass is 236 g/mol. The average Bonchev–Trinajstić information content (AvgIpc) is 2.30. The van der Waals surface area contributed by atoms with Crippen LogP contribution in [0.5, 0.6) is 5.75 Å². The summed E-state index contributed by atoms with van der Waals surface area (Å²) in [6, 6.07) is 4.41. The molecule has 0 aliphatic rings. The maximum Gasteiger partial charge on any atom is 0.335 e. The molecule has 0 heterocycles. The zero-order chi connectivity index (χ0) is 12.8. The molecule has 0 aliphatic carbocycles. The Kier molecular flexibility index (Phi) is 4.28. The molecule has 1 aromatic carbocycles. The lowest BCUT2D eigenvalue weighted by molar-refractivity contribution is -0.144. The van der Waals surface area contributed by atoms with Crippen LogP contribution >= 0.6 is 0 Å². The van der Waals surface area contributed by atoms with Crippen molar-refractivity contribution in [3.63, 3.8) is 0 Å². The van der Waals surface area contributed by atoms with E-state index in [0.29, 0.717) is 11.3 Å². The molecule has 0 bridgehead atoms. The van der Waals surface area contributed by atoms with E-state index >= 15 is 0 Å². The number of hydrogen-bond donors (Lipinski definition) is 1. The van der Waals surface area contributed by atoms with Gasteiger partial charge in [-0.3, -0.25) is 0 Å². The number of rotatable bonds is 5. The van der Waals surface area contributed by atoms with E-state index in [0.717, 1.165) is 6.08 Å². The summed E-state index contributed by atoms with van der Waals surface area (Å²) in [5, 5.41) is 8.76. The van der Waals surface area contributed by atoms with E-state index in [2.05, 4.69) is 11.3 Å². The highest BCUT2D eigenvalue weighted by Crippen LogP contribution is 2.19. The van der Waals surface area contributed by atoms with E-state index < -0.39 is 11.9 Å². The highest BCUT2D eigenvalue weighted by Gasteiger charge is 2.06. The Morgan fingerprint density at radius 3 is 2.71 bits per heavy atom. The largest absolute Gasteiger partial charge is 0.478 e. The number of carbonyl (C=O) groups is 2. The number of aromatic carboxylic acids is 1. The Bertz CT molecular complexity index is 450. The molecule has 90 valence electrons. The van der Waals surface area contributed by atoms with Crippen molar-refractivity contribution in [2.75, 3.05) is 6.79 Å². The molecule has 0 amide bonds. The Labute approximate surface area is 98.3 Å². The Morgan fingerprint density at radius 1 is 1.47 bits per heavy atom. The van der Waals surface area contributed by atoms with Crippen LogP contribution in [0.25, 0.3) is 0 Å². The SMILES string of the molecule is C=CC(=O)OCOc1ccc(C(=O)O)cc1C. The number of hydrogen-bond acceptors (Lipinski definition) is 4. The first-order valence-electron chi connectivity index (χ1n) is 4.80. The van der Waals surface area contributed by atoms with Crippen molar-refractivity contribution < 1.29 is 24.2 Å². The van der Waals surface area contributed by atoms with Crippen LogP contribution in [0.4, 0.5) is 0 Å². The maximum atomic E-state index is 10.7. The minimum absolute atomic E-state index is 0.179. The van der Waals surface area contributed by atoms with Gasteiger partial charge in [0, 0.05) is 6.08 Å². The summed E-state index contributed by atoms with van der Waals surface area (Å²) in [5.41, 5.74) is 0.831. The molecule has 5 nitrogen and oxygen atoms in total. The lowest BCUT2D eigenvalue weighted by Gasteiger charge is -2.09. The molecule has 0 radical (unpaired) electrons. The van der Waals surface area contributed by atoms with Crippen LogP contribution in [-0.4, -0.2) is 23.8 Å². The van der Waals surface area contributed by atoms with Crippen molar-refractivity contribution in [3.8, 4) is 5.75 Å². The fraction of sp³-hybridized carbons (Fsp3) is 0.167. The molecule has 1 rings (SSSR count). The van der Waals surface area contributed by atoms with Crippen molar-refractivity contribution in [1.82, 2.24) is 0 Å². The van der Waals surface area contributed by atoms with Crippen molar-refractivity contribution in [1.29, 1.82) is 0 Å². The fourth-order valence-corrected chi connectivity index (χ4v) is 1.15. The van der Waals surface area contributed by atoms with Gasteiger partial charge in [-0.15, -0.1) is 0 Å². The van der Waals surface area contributed by atoms with Crippen molar-refractivity contribution in [3.05, 3.63) is 42.0 Å². The number of aryl methyl sites for hydroxylation is 1. The van der Waals surface area contributed by atoms with E-state index in [1.54, 1.807) is 6.92 Å². The second kappa shape index (κ2) is 5.69. The van der Waals surface area contributed by atoms with Crippen molar-refractivity contribution in [2.45, 2.75) is 6.92 Å². The Morgan fingerprint density at radius 2 is 2.18 bits per heavy atom. The van der Waals surface area contributed by atoms with Crippen LogP contribution in [0.1, 0.15) is 15.9 Å². The zero-order valence-electron chi connectivity index (χ0n) is 9.30. The van der Waals surface area contributed by atoms with Crippen LogP contribution < -0.4 is 4.74 Å². The van der Waals surface area contributed by atoms with Crippen LogP contribution in [-0.2, 0) is 9.53 Å². The molecule has 0 aromatic heterocycles. The minimum Gasteiger partial charge on any atom is -0.478 e. The third-order valence-corrected chi connectivity index (χ3v) is 2.00. The standard InChI is InChI=1S/C12H12O5/c1-3-11(13)17-7-16-10-5-4-9(12(14)15)6-8(10)2/h3-6H,1,7H2,2H3,(H,14,15). The number of carboxylic acid groups (broad SMARTS) is 1. The summed E-state index contributed by atoms with van der Waals surface area (Å²) in [5.74, 6) is -1.12. The molecule has 0 unspecified atom stereocenters. The van der Waals surface area contributed by atoms with E-state index in [9.17, 15) is 9.59 Å². The molecule has 0 fully saturated rings. The molecule has 1 aromatic rings. The third kappa shape index (κ3) is 3.64. The predicted octanol–water partition coefficient (Wildman–Crippen LogP) is 1.76. The smallest absolute Gasteiger partial charge is 0.335 e. The third-order valence-electron chi connectivity index (χ3n) is 2.00. The molecular formula is C12H12O5. The van der Waals surface area contributed by atoms with E-state index in [-0.39, 0.29) is 12.4 Å². The van der Waals surface area contributed by atoms with E-state index in [4.69, 9.17) is 9.84 Å². The molecule has 0 saturated carbocycles. The van der Waals surface area contributed by atoms with E-state index in [1.807, 2.05) is 0 Å². The van der Waals surface area contributed by atoms with Gasteiger partial charge in [0.1, 0.15) is 5.75 Å². The van der Waals surface area contributed by atoms with Crippen LogP contribution in [0.3, 0.4) is 0 Å². The maximum absolute atomic E-state index is 10.7. The summed E-state index contributed by atoms with van der Waals surface area (Å²) >= 11 is 0. The van der Waals surface area contributed by atoms with Gasteiger partial charge in [0.2, 0.25) is 6.79 Å². The minimum atomic E-state index is -1.00. The summed E-state index contributed by atoms with van der Waals surface area (Å²) in [7, 11) is 0. The average molecular weight is 236 g/mol. The van der Waals surface area contributed by atoms with Gasteiger partial charge in [-0.25, -0.2) is 9.59 Å². The molecule has 0 aliphatic heterocycles. The molecule has 5 heteroatoms. The molecular weight excluding hydrogens is 224 g/mol. The number of carboxylic acids is 1. The first kappa shape index (κ1) is 12.8. The highest BCUT2D eigenvalue weighted by molar-refractivity contribution is 5.88. The molecule has 1 N–H and O–H groups in total. The molecule has 0 saturated heterocycles. The number of esters is 1.